The van der Waals surface area contributed by atoms with Crippen molar-refractivity contribution in [3.8, 4) is 11.5 Å². The highest BCUT2D eigenvalue weighted by atomic mass is 16.5. The van der Waals surface area contributed by atoms with Crippen LogP contribution in [-0.4, -0.2) is 49.2 Å². The average molecular weight is 463 g/mol. The molecule has 176 valence electrons. The molecule has 0 atom stereocenters. The Morgan fingerprint density at radius 3 is 2.88 bits per heavy atom. The van der Waals surface area contributed by atoms with Gasteiger partial charge in [0.2, 0.25) is 5.88 Å². The van der Waals surface area contributed by atoms with Crippen LogP contribution in [0.15, 0.2) is 45.9 Å². The van der Waals surface area contributed by atoms with E-state index in [0.717, 1.165) is 11.1 Å². The Hall–Kier alpha value is -4.11. The van der Waals surface area contributed by atoms with E-state index in [1.54, 1.807) is 50.7 Å². The highest BCUT2D eigenvalue weighted by Crippen LogP contribution is 2.40. The van der Waals surface area contributed by atoms with Gasteiger partial charge in [-0.05, 0) is 55.8 Å². The molecule has 3 heterocycles. The fraction of sp³-hybridized carbons (Fsp3) is 0.240. The van der Waals surface area contributed by atoms with Gasteiger partial charge in [0.25, 0.3) is 0 Å². The first-order valence-corrected chi connectivity index (χ1v) is 10.7. The number of ether oxygens (including phenoxy) is 3. The van der Waals surface area contributed by atoms with Crippen molar-refractivity contribution >= 4 is 41.2 Å². The third kappa shape index (κ3) is 4.79. The number of hydrogen-bond acceptors (Lipinski definition) is 9. The van der Waals surface area contributed by atoms with Crippen LogP contribution in [0.1, 0.15) is 34.2 Å². The molecule has 0 fully saturated rings. The van der Waals surface area contributed by atoms with E-state index in [1.165, 1.54) is 0 Å². The van der Waals surface area contributed by atoms with Crippen LogP contribution in [0.3, 0.4) is 0 Å². The monoisotopic (exact) mass is 463 g/mol. The van der Waals surface area contributed by atoms with Crippen LogP contribution in [0.4, 0.5) is 17.4 Å². The fourth-order valence-electron chi connectivity index (χ4n) is 3.43. The van der Waals surface area contributed by atoms with Gasteiger partial charge in [0, 0.05) is 36.3 Å². The number of esters is 1. The van der Waals surface area contributed by atoms with Crippen molar-refractivity contribution in [2.24, 2.45) is 4.99 Å². The smallest absolute Gasteiger partial charge is 0.347 e. The van der Waals surface area contributed by atoms with Gasteiger partial charge in [0.15, 0.2) is 22.9 Å². The largest absolute Gasteiger partial charge is 0.504 e. The zero-order chi connectivity index (χ0) is 24.1. The predicted molar refractivity (Wildman–Crippen MR) is 128 cm³/mol. The summed E-state index contributed by atoms with van der Waals surface area (Å²) in [6.45, 7) is 4.65. The molecule has 9 nitrogen and oxygen atoms in total. The van der Waals surface area contributed by atoms with Crippen LogP contribution in [0.5, 0.6) is 11.5 Å². The minimum absolute atomic E-state index is 0.0697. The van der Waals surface area contributed by atoms with Gasteiger partial charge in [-0.25, -0.2) is 14.8 Å². The van der Waals surface area contributed by atoms with Crippen LogP contribution in [0, 0.1) is 6.92 Å². The van der Waals surface area contributed by atoms with Crippen LogP contribution in [0.2, 0.25) is 0 Å². The summed E-state index contributed by atoms with van der Waals surface area (Å²) in [7, 11) is 1.61. The minimum atomic E-state index is -0.699. The molecular weight excluding hydrogens is 438 g/mol. The van der Waals surface area contributed by atoms with Crippen molar-refractivity contribution in [1.29, 1.82) is 0 Å². The fourth-order valence-corrected chi connectivity index (χ4v) is 3.43. The SMILES string of the molecule is CCOC(=O)c1c(Nc2ccc(OCCOC)cc2C)oc(C=C2C=Nc3ncccc32)c1O. The number of nitrogens with zero attached hydrogens (tertiary/aromatic N) is 2. The van der Waals surface area contributed by atoms with Gasteiger partial charge < -0.3 is 29.1 Å². The minimum Gasteiger partial charge on any atom is -0.504 e. The Morgan fingerprint density at radius 1 is 1.26 bits per heavy atom. The van der Waals surface area contributed by atoms with Gasteiger partial charge in [-0.3, -0.25) is 0 Å². The Labute approximate surface area is 196 Å². The lowest BCUT2D eigenvalue weighted by molar-refractivity contribution is 0.0524. The number of aryl methyl sites for hydroxylation is 1. The standard InChI is InChI=1S/C25H25N3O6/c1-4-32-25(30)21-22(29)20(13-16-14-27-23-18(16)6-5-9-26-23)34-24(21)28-19-8-7-17(12-15(19)2)33-11-10-31-3/h5-9,12-14,28-29H,4,10-11H2,1-3H3. The predicted octanol–water partition coefficient (Wildman–Crippen LogP) is 4.89. The molecule has 0 saturated heterocycles. The summed E-state index contributed by atoms with van der Waals surface area (Å²) in [5.41, 5.74) is 2.93. The molecule has 0 spiro atoms. The number of aromatic hydroxyl groups is 1. The average Bonchev–Trinajstić information content (AvgIpc) is 3.37. The van der Waals surface area contributed by atoms with E-state index in [9.17, 15) is 9.90 Å². The molecule has 0 unspecified atom stereocenters. The number of fused-ring (bicyclic) bond motifs is 1. The van der Waals surface area contributed by atoms with E-state index in [1.807, 2.05) is 19.1 Å². The molecule has 3 aromatic rings. The third-order valence-corrected chi connectivity index (χ3v) is 5.10. The van der Waals surface area contributed by atoms with E-state index in [2.05, 4.69) is 15.3 Å². The highest BCUT2D eigenvalue weighted by Gasteiger charge is 2.27. The summed E-state index contributed by atoms with van der Waals surface area (Å²) in [5.74, 6) is 0.409. The Balaban J connectivity index is 1.67. The van der Waals surface area contributed by atoms with Gasteiger partial charge in [-0.2, -0.15) is 0 Å². The number of carbonyl (C=O) groups excluding carboxylic acids is 1. The lowest BCUT2D eigenvalue weighted by Gasteiger charge is -2.11. The summed E-state index contributed by atoms with van der Waals surface area (Å²) in [4.78, 5) is 21.1. The first kappa shape index (κ1) is 23.1. The molecule has 9 heteroatoms. The van der Waals surface area contributed by atoms with Gasteiger partial charge in [-0.15, -0.1) is 0 Å². The number of pyridine rings is 1. The van der Waals surface area contributed by atoms with Crippen LogP contribution < -0.4 is 10.1 Å². The number of hydrogen-bond donors (Lipinski definition) is 2. The zero-order valence-corrected chi connectivity index (χ0v) is 19.1. The topological polar surface area (TPSA) is 115 Å². The number of allylic oxidation sites excluding steroid dienone is 1. The van der Waals surface area contributed by atoms with Crippen molar-refractivity contribution in [2.45, 2.75) is 13.8 Å². The number of aliphatic imine (C=N–C) groups is 1. The van der Waals surface area contributed by atoms with Gasteiger partial charge in [0.05, 0.1) is 13.2 Å². The lowest BCUT2D eigenvalue weighted by Crippen LogP contribution is -2.07. The number of methoxy groups -OCH3 is 1. The second kappa shape index (κ2) is 10.2. The van der Waals surface area contributed by atoms with Crippen LogP contribution in [0.25, 0.3) is 11.6 Å². The number of nitrogens with one attached hydrogen (secondary N) is 1. The van der Waals surface area contributed by atoms with E-state index in [4.69, 9.17) is 18.6 Å². The molecule has 1 aliphatic heterocycles. The molecule has 0 aliphatic carbocycles. The molecule has 2 N–H and O–H groups in total. The van der Waals surface area contributed by atoms with Crippen molar-refractivity contribution in [1.82, 2.24) is 4.98 Å². The number of aromatic nitrogens is 1. The molecule has 34 heavy (non-hydrogen) atoms. The summed E-state index contributed by atoms with van der Waals surface area (Å²) in [6.07, 6.45) is 4.89. The van der Waals surface area contributed by atoms with E-state index >= 15 is 0 Å². The number of rotatable bonds is 9. The molecule has 1 aromatic carbocycles. The Kier molecular flexibility index (Phi) is 6.93. The molecule has 0 bridgehead atoms. The molecule has 0 saturated carbocycles. The number of carbonyl (C=O) groups is 1. The molecule has 2 aromatic heterocycles. The van der Waals surface area contributed by atoms with Gasteiger partial charge >= 0.3 is 5.97 Å². The van der Waals surface area contributed by atoms with Crippen LogP contribution >= 0.6 is 0 Å². The zero-order valence-electron chi connectivity index (χ0n) is 19.1. The normalized spacial score (nSPS) is 13.2. The summed E-state index contributed by atoms with van der Waals surface area (Å²) in [6, 6.07) is 9.11. The number of anilines is 2. The maximum absolute atomic E-state index is 12.6. The highest BCUT2D eigenvalue weighted by molar-refractivity contribution is 6.21. The van der Waals surface area contributed by atoms with E-state index < -0.39 is 5.97 Å². The quantitative estimate of drug-likeness (QED) is 0.340. The molecule has 0 amide bonds. The molecule has 0 radical (unpaired) electrons. The van der Waals surface area contributed by atoms with Crippen molar-refractivity contribution in [2.75, 3.05) is 32.2 Å². The summed E-state index contributed by atoms with van der Waals surface area (Å²) >= 11 is 0. The second-order valence-corrected chi connectivity index (χ2v) is 7.41. The van der Waals surface area contributed by atoms with Gasteiger partial charge in [0.1, 0.15) is 12.4 Å². The van der Waals surface area contributed by atoms with Crippen LogP contribution in [-0.2, 0) is 9.47 Å². The maximum atomic E-state index is 12.6. The van der Waals surface area contributed by atoms with E-state index in [-0.39, 0.29) is 29.6 Å². The summed E-state index contributed by atoms with van der Waals surface area (Å²) < 4.78 is 21.7. The number of benzene rings is 1. The van der Waals surface area contributed by atoms with Crippen molar-refractivity contribution in [3.05, 3.63) is 59.0 Å². The van der Waals surface area contributed by atoms with Gasteiger partial charge in [-0.1, -0.05) is 0 Å². The Morgan fingerprint density at radius 2 is 2.12 bits per heavy atom. The lowest BCUT2D eigenvalue weighted by atomic mass is 10.1. The molecular formula is C25H25N3O6. The van der Waals surface area contributed by atoms with E-state index in [0.29, 0.717) is 36.0 Å². The second-order valence-electron chi connectivity index (χ2n) is 7.41. The maximum Gasteiger partial charge on any atom is 0.347 e. The molecule has 4 rings (SSSR count). The first-order valence-electron chi connectivity index (χ1n) is 10.7. The van der Waals surface area contributed by atoms with Crippen molar-refractivity contribution in [3.63, 3.8) is 0 Å². The molecule has 1 aliphatic rings. The Bertz CT molecular complexity index is 1260. The summed E-state index contributed by atoms with van der Waals surface area (Å²) in [5, 5.41) is 14.0. The third-order valence-electron chi connectivity index (χ3n) is 5.10. The number of furan rings is 1. The van der Waals surface area contributed by atoms with Crippen molar-refractivity contribution < 1.29 is 28.5 Å². The first-order chi connectivity index (χ1) is 16.5.